The van der Waals surface area contributed by atoms with Crippen molar-refractivity contribution < 1.29 is 9.84 Å². The summed E-state index contributed by atoms with van der Waals surface area (Å²) in [6.07, 6.45) is 4.91. The maximum absolute atomic E-state index is 9.89. The summed E-state index contributed by atoms with van der Waals surface area (Å²) in [6.45, 7) is 6.77. The largest absolute Gasteiger partial charge is 0.390 e. The highest BCUT2D eigenvalue weighted by atomic mass is 16.5. The molecule has 0 heterocycles. The predicted molar refractivity (Wildman–Crippen MR) is 58.2 cm³/mol. The van der Waals surface area contributed by atoms with Gasteiger partial charge in [-0.15, -0.1) is 0 Å². The molecule has 3 unspecified atom stereocenters. The Balaban J connectivity index is 2.21. The molecule has 0 aliphatic heterocycles. The van der Waals surface area contributed by atoms with Gasteiger partial charge in [-0.2, -0.15) is 0 Å². The Labute approximate surface area is 87.7 Å². The number of aliphatic hydroxyl groups is 1. The van der Waals surface area contributed by atoms with Gasteiger partial charge in [0.2, 0.25) is 0 Å². The summed E-state index contributed by atoms with van der Waals surface area (Å²) in [5.41, 5.74) is 0. The fraction of sp³-hybridized carbons (Fsp3) is 1.00. The molecule has 0 spiro atoms. The first-order valence-electron chi connectivity index (χ1n) is 5.93. The van der Waals surface area contributed by atoms with Gasteiger partial charge in [-0.25, -0.2) is 0 Å². The Morgan fingerprint density at radius 2 is 2.07 bits per heavy atom. The van der Waals surface area contributed by atoms with E-state index in [0.29, 0.717) is 12.5 Å². The molecule has 1 rings (SSSR count). The molecule has 1 N–H and O–H groups in total. The van der Waals surface area contributed by atoms with E-state index in [1.54, 1.807) is 0 Å². The first kappa shape index (κ1) is 12.0. The zero-order chi connectivity index (χ0) is 10.6. The van der Waals surface area contributed by atoms with E-state index in [2.05, 4.69) is 6.92 Å². The molecule has 14 heavy (non-hydrogen) atoms. The molecule has 84 valence electrons. The van der Waals surface area contributed by atoms with Crippen LogP contribution in [0.2, 0.25) is 0 Å². The lowest BCUT2D eigenvalue weighted by Crippen LogP contribution is -2.25. The van der Waals surface area contributed by atoms with E-state index >= 15 is 0 Å². The van der Waals surface area contributed by atoms with Crippen molar-refractivity contribution in [1.29, 1.82) is 0 Å². The zero-order valence-corrected chi connectivity index (χ0v) is 9.70. The Bertz CT molecular complexity index is 156. The van der Waals surface area contributed by atoms with Gasteiger partial charge in [0, 0.05) is 0 Å². The highest BCUT2D eigenvalue weighted by Gasteiger charge is 2.28. The van der Waals surface area contributed by atoms with Crippen LogP contribution >= 0.6 is 0 Å². The maximum Gasteiger partial charge on any atom is 0.0801 e. The van der Waals surface area contributed by atoms with Crippen molar-refractivity contribution in [3.05, 3.63) is 0 Å². The van der Waals surface area contributed by atoms with Crippen molar-refractivity contribution in [1.82, 2.24) is 0 Å². The second-order valence-corrected chi connectivity index (χ2v) is 4.80. The quantitative estimate of drug-likeness (QED) is 0.739. The van der Waals surface area contributed by atoms with Crippen LogP contribution < -0.4 is 0 Å². The van der Waals surface area contributed by atoms with Crippen LogP contribution in [0, 0.1) is 11.8 Å². The summed E-state index contributed by atoms with van der Waals surface area (Å²) in [4.78, 5) is 0. The summed E-state index contributed by atoms with van der Waals surface area (Å²) in [5.74, 6) is 1.33. The van der Waals surface area contributed by atoms with Gasteiger partial charge in [-0.3, -0.25) is 0 Å². The van der Waals surface area contributed by atoms with E-state index in [1.165, 1.54) is 25.7 Å². The van der Waals surface area contributed by atoms with Gasteiger partial charge in [-0.05, 0) is 38.5 Å². The fourth-order valence-corrected chi connectivity index (χ4v) is 2.26. The van der Waals surface area contributed by atoms with Crippen LogP contribution in [0.5, 0.6) is 0 Å². The Hall–Kier alpha value is -0.0800. The molecule has 0 aromatic heterocycles. The molecule has 1 fully saturated rings. The third kappa shape index (κ3) is 3.58. The molecular formula is C12H24O2. The lowest BCUT2D eigenvalue weighted by Gasteiger charge is -2.19. The molecule has 3 atom stereocenters. The SMILES string of the molecule is CCC1CCC(C(O)COC(C)C)C1. The summed E-state index contributed by atoms with van der Waals surface area (Å²) >= 11 is 0. The third-order valence-electron chi connectivity index (χ3n) is 3.30. The summed E-state index contributed by atoms with van der Waals surface area (Å²) in [7, 11) is 0. The van der Waals surface area contributed by atoms with Crippen molar-refractivity contribution in [2.24, 2.45) is 11.8 Å². The van der Waals surface area contributed by atoms with Gasteiger partial charge in [-0.1, -0.05) is 19.8 Å². The zero-order valence-electron chi connectivity index (χ0n) is 9.70. The van der Waals surface area contributed by atoms with Crippen molar-refractivity contribution in [2.45, 2.75) is 58.7 Å². The van der Waals surface area contributed by atoms with Gasteiger partial charge in [0.1, 0.15) is 0 Å². The van der Waals surface area contributed by atoms with Crippen LogP contribution in [0.3, 0.4) is 0 Å². The fourth-order valence-electron chi connectivity index (χ4n) is 2.26. The third-order valence-corrected chi connectivity index (χ3v) is 3.30. The molecule has 1 saturated carbocycles. The average Bonchev–Trinajstić information content (AvgIpc) is 2.62. The first-order chi connectivity index (χ1) is 6.63. The lowest BCUT2D eigenvalue weighted by atomic mass is 9.98. The summed E-state index contributed by atoms with van der Waals surface area (Å²) in [6, 6.07) is 0. The molecule has 0 radical (unpaired) electrons. The first-order valence-corrected chi connectivity index (χ1v) is 5.93. The normalized spacial score (nSPS) is 29.8. The monoisotopic (exact) mass is 200 g/mol. The molecule has 0 aromatic carbocycles. The maximum atomic E-state index is 9.89. The van der Waals surface area contributed by atoms with E-state index in [0.717, 1.165) is 5.92 Å². The van der Waals surface area contributed by atoms with Crippen molar-refractivity contribution in [2.75, 3.05) is 6.61 Å². The Morgan fingerprint density at radius 1 is 1.36 bits per heavy atom. The van der Waals surface area contributed by atoms with Crippen LogP contribution in [0.25, 0.3) is 0 Å². The number of hydrogen-bond acceptors (Lipinski definition) is 2. The van der Waals surface area contributed by atoms with E-state index in [9.17, 15) is 5.11 Å². The van der Waals surface area contributed by atoms with E-state index in [-0.39, 0.29) is 12.2 Å². The highest BCUT2D eigenvalue weighted by molar-refractivity contribution is 4.79. The second-order valence-electron chi connectivity index (χ2n) is 4.80. The molecule has 0 amide bonds. The molecular weight excluding hydrogens is 176 g/mol. The van der Waals surface area contributed by atoms with Crippen LogP contribution in [-0.2, 0) is 4.74 Å². The summed E-state index contributed by atoms with van der Waals surface area (Å²) < 4.78 is 5.43. The number of ether oxygens (including phenoxy) is 1. The lowest BCUT2D eigenvalue weighted by molar-refractivity contribution is -0.0189. The minimum Gasteiger partial charge on any atom is -0.390 e. The van der Waals surface area contributed by atoms with Crippen LogP contribution in [0.1, 0.15) is 46.5 Å². The predicted octanol–water partition coefficient (Wildman–Crippen LogP) is 2.60. The molecule has 0 saturated heterocycles. The number of rotatable bonds is 5. The summed E-state index contributed by atoms with van der Waals surface area (Å²) in [5, 5.41) is 9.89. The van der Waals surface area contributed by atoms with E-state index < -0.39 is 0 Å². The molecule has 0 aromatic rings. The Morgan fingerprint density at radius 3 is 2.57 bits per heavy atom. The number of hydrogen-bond donors (Lipinski definition) is 1. The van der Waals surface area contributed by atoms with Crippen LogP contribution in [-0.4, -0.2) is 23.9 Å². The van der Waals surface area contributed by atoms with Crippen LogP contribution in [0.15, 0.2) is 0 Å². The van der Waals surface area contributed by atoms with Gasteiger partial charge >= 0.3 is 0 Å². The van der Waals surface area contributed by atoms with Gasteiger partial charge in [0.25, 0.3) is 0 Å². The van der Waals surface area contributed by atoms with E-state index in [1.807, 2.05) is 13.8 Å². The highest BCUT2D eigenvalue weighted by Crippen LogP contribution is 2.34. The van der Waals surface area contributed by atoms with Gasteiger partial charge in [0.05, 0.1) is 18.8 Å². The number of aliphatic hydroxyl groups excluding tert-OH is 1. The Kier molecular flexibility index (Phi) is 4.90. The van der Waals surface area contributed by atoms with Gasteiger partial charge < -0.3 is 9.84 Å². The minimum absolute atomic E-state index is 0.230. The van der Waals surface area contributed by atoms with Crippen LogP contribution in [0.4, 0.5) is 0 Å². The average molecular weight is 200 g/mol. The molecule has 1 aliphatic carbocycles. The van der Waals surface area contributed by atoms with Crippen molar-refractivity contribution >= 4 is 0 Å². The topological polar surface area (TPSA) is 29.5 Å². The van der Waals surface area contributed by atoms with E-state index in [4.69, 9.17) is 4.74 Å². The van der Waals surface area contributed by atoms with Crippen molar-refractivity contribution in [3.8, 4) is 0 Å². The molecule has 2 nitrogen and oxygen atoms in total. The smallest absolute Gasteiger partial charge is 0.0801 e. The molecule has 2 heteroatoms. The second kappa shape index (κ2) is 5.72. The molecule has 1 aliphatic rings. The van der Waals surface area contributed by atoms with Gasteiger partial charge in [0.15, 0.2) is 0 Å². The van der Waals surface area contributed by atoms with Crippen molar-refractivity contribution in [3.63, 3.8) is 0 Å². The minimum atomic E-state index is -0.242. The standard InChI is InChI=1S/C12H24O2/c1-4-10-5-6-11(7-10)12(13)8-14-9(2)3/h9-13H,4-8H2,1-3H3. The molecule has 0 bridgehead atoms.